The fraction of sp³-hybridized carbons (Fsp3) is 0.125. The Kier molecular flexibility index (Phi) is 2.98. The highest BCUT2D eigenvalue weighted by Gasteiger charge is 2.14. The number of esters is 1. The molecule has 1 rings (SSSR count). The van der Waals surface area contributed by atoms with Gasteiger partial charge in [-0.3, -0.25) is 0 Å². The second-order valence-electron chi connectivity index (χ2n) is 2.26. The van der Waals surface area contributed by atoms with Crippen LogP contribution in [0.25, 0.3) is 4.98 Å². The summed E-state index contributed by atoms with van der Waals surface area (Å²) in [5.41, 5.74) is 0.773. The van der Waals surface area contributed by atoms with Crippen molar-refractivity contribution in [2.24, 2.45) is 0 Å². The second-order valence-corrected chi connectivity index (χ2v) is 3.11. The first-order chi connectivity index (χ1) is 6.19. The van der Waals surface area contributed by atoms with Gasteiger partial charge in [-0.05, 0) is 28.1 Å². The molecule has 0 aliphatic rings. The van der Waals surface area contributed by atoms with Gasteiger partial charge in [-0.1, -0.05) is 0 Å². The SMILES string of the molecule is COC(=O)c1ccc([N+]#N)c(Br)c1. The Hall–Kier alpha value is -1.41. The van der Waals surface area contributed by atoms with Gasteiger partial charge in [-0.15, -0.1) is 0 Å². The molecular weight excluding hydrogens is 236 g/mol. The van der Waals surface area contributed by atoms with Crippen molar-refractivity contribution in [1.82, 2.24) is 0 Å². The average Bonchev–Trinajstić information content (AvgIpc) is 2.16. The van der Waals surface area contributed by atoms with Gasteiger partial charge in [0.25, 0.3) is 0 Å². The van der Waals surface area contributed by atoms with Gasteiger partial charge < -0.3 is 4.74 Å². The highest BCUT2D eigenvalue weighted by atomic mass is 79.9. The Balaban J connectivity index is 3.11. The maximum atomic E-state index is 11.0. The summed E-state index contributed by atoms with van der Waals surface area (Å²) in [5.74, 6) is -0.426. The van der Waals surface area contributed by atoms with Crippen molar-refractivity contribution in [3.8, 4) is 0 Å². The number of carbonyl (C=O) groups is 1. The summed E-state index contributed by atoms with van der Waals surface area (Å²) in [4.78, 5) is 14.0. The molecule has 1 aromatic rings. The van der Waals surface area contributed by atoms with Crippen LogP contribution in [0.1, 0.15) is 10.4 Å². The molecule has 0 saturated carbocycles. The molecule has 0 atom stereocenters. The normalized spacial score (nSPS) is 9.00. The quantitative estimate of drug-likeness (QED) is 0.561. The first-order valence-corrected chi connectivity index (χ1v) is 4.21. The number of methoxy groups -OCH3 is 1. The Labute approximate surface area is 83.3 Å². The molecule has 0 amide bonds. The van der Waals surface area contributed by atoms with Gasteiger partial charge in [0.05, 0.1) is 12.7 Å². The molecule has 0 aromatic heterocycles. The number of carbonyl (C=O) groups excluding carboxylic acids is 1. The number of nitrogens with zero attached hydrogens (tertiary/aromatic N) is 2. The lowest BCUT2D eigenvalue weighted by Crippen LogP contribution is -2.00. The minimum absolute atomic E-state index is 0.368. The molecule has 66 valence electrons. The molecule has 4 nitrogen and oxygen atoms in total. The Morgan fingerprint density at radius 2 is 2.31 bits per heavy atom. The van der Waals surface area contributed by atoms with Crippen molar-refractivity contribution in [3.05, 3.63) is 33.2 Å². The predicted molar refractivity (Wildman–Crippen MR) is 50.2 cm³/mol. The molecule has 5 heteroatoms. The third kappa shape index (κ3) is 2.04. The summed E-state index contributed by atoms with van der Waals surface area (Å²) in [7, 11) is 1.31. The van der Waals surface area contributed by atoms with Crippen LogP contribution in [0.2, 0.25) is 0 Å². The van der Waals surface area contributed by atoms with Gasteiger partial charge in [-0.25, -0.2) is 4.79 Å². The van der Waals surface area contributed by atoms with Gasteiger partial charge in [0.15, 0.2) is 4.98 Å². The molecular formula is C8H6BrN2O2+. The van der Waals surface area contributed by atoms with E-state index in [1.54, 1.807) is 0 Å². The number of hydrogen-bond acceptors (Lipinski definition) is 3. The molecule has 0 N–H and O–H groups in total. The van der Waals surface area contributed by atoms with E-state index >= 15 is 0 Å². The van der Waals surface area contributed by atoms with Gasteiger partial charge in [0, 0.05) is 6.07 Å². The largest absolute Gasteiger partial charge is 0.465 e. The number of diazo groups is 1. The Morgan fingerprint density at radius 1 is 1.62 bits per heavy atom. The van der Waals surface area contributed by atoms with Crippen LogP contribution in [0.5, 0.6) is 0 Å². The summed E-state index contributed by atoms with van der Waals surface area (Å²) in [6.07, 6.45) is 0. The zero-order valence-electron chi connectivity index (χ0n) is 6.82. The van der Waals surface area contributed by atoms with E-state index in [4.69, 9.17) is 5.39 Å². The van der Waals surface area contributed by atoms with Crippen molar-refractivity contribution in [1.29, 1.82) is 5.39 Å². The van der Waals surface area contributed by atoms with Gasteiger partial charge in [-0.2, -0.15) is 0 Å². The maximum absolute atomic E-state index is 11.0. The molecule has 0 saturated heterocycles. The number of hydrogen-bond donors (Lipinski definition) is 0. The molecule has 13 heavy (non-hydrogen) atoms. The predicted octanol–water partition coefficient (Wildman–Crippen LogP) is 2.72. The van der Waals surface area contributed by atoms with Crippen molar-refractivity contribution >= 4 is 27.6 Å². The van der Waals surface area contributed by atoms with Crippen LogP contribution < -0.4 is 0 Å². The summed E-state index contributed by atoms with van der Waals surface area (Å²) < 4.78 is 5.05. The Morgan fingerprint density at radius 3 is 2.77 bits per heavy atom. The minimum atomic E-state index is -0.426. The number of rotatable bonds is 1. The van der Waals surface area contributed by atoms with Crippen LogP contribution >= 0.6 is 15.9 Å². The summed E-state index contributed by atoms with van der Waals surface area (Å²) >= 11 is 3.14. The van der Waals surface area contributed by atoms with Crippen molar-refractivity contribution in [2.75, 3.05) is 7.11 Å². The highest BCUT2D eigenvalue weighted by Crippen LogP contribution is 2.26. The molecule has 1 aromatic carbocycles. The lowest BCUT2D eigenvalue weighted by molar-refractivity contribution is 0.0600. The van der Waals surface area contributed by atoms with E-state index in [1.807, 2.05) is 0 Å². The molecule has 0 radical (unpaired) electrons. The standard InChI is InChI=1S/C8H6BrN2O2/c1-13-8(12)5-2-3-7(11-10)6(9)4-5/h2-4H,1H3/q+1. The van der Waals surface area contributed by atoms with E-state index in [2.05, 4.69) is 25.6 Å². The average molecular weight is 242 g/mol. The number of ether oxygens (including phenoxy) is 1. The van der Waals surface area contributed by atoms with Gasteiger partial charge in [0.2, 0.25) is 5.39 Å². The highest BCUT2D eigenvalue weighted by molar-refractivity contribution is 9.10. The van der Waals surface area contributed by atoms with E-state index in [0.29, 0.717) is 15.7 Å². The first-order valence-electron chi connectivity index (χ1n) is 3.42. The third-order valence-corrected chi connectivity index (χ3v) is 2.11. The van der Waals surface area contributed by atoms with E-state index in [0.717, 1.165) is 0 Å². The zero-order chi connectivity index (χ0) is 9.84. The van der Waals surface area contributed by atoms with E-state index < -0.39 is 5.97 Å². The smallest absolute Gasteiger partial charge is 0.399 e. The summed E-state index contributed by atoms with van der Waals surface area (Å²) in [6, 6.07) is 4.56. The van der Waals surface area contributed by atoms with E-state index in [1.165, 1.54) is 25.3 Å². The summed E-state index contributed by atoms with van der Waals surface area (Å²) in [6.45, 7) is 0. The van der Waals surface area contributed by atoms with Crippen LogP contribution in [0.15, 0.2) is 22.7 Å². The monoisotopic (exact) mass is 241 g/mol. The van der Waals surface area contributed by atoms with Crippen LogP contribution in [0.4, 0.5) is 5.69 Å². The fourth-order valence-corrected chi connectivity index (χ4v) is 1.29. The molecule has 0 bridgehead atoms. The van der Waals surface area contributed by atoms with Crippen LogP contribution in [-0.4, -0.2) is 13.1 Å². The molecule has 0 heterocycles. The van der Waals surface area contributed by atoms with Crippen LogP contribution in [-0.2, 0) is 4.74 Å². The molecule has 0 aliphatic heterocycles. The van der Waals surface area contributed by atoms with Crippen molar-refractivity contribution in [3.63, 3.8) is 0 Å². The molecule has 0 fully saturated rings. The van der Waals surface area contributed by atoms with Crippen LogP contribution in [0, 0.1) is 5.39 Å². The summed E-state index contributed by atoms with van der Waals surface area (Å²) in [5, 5.41) is 8.48. The lowest BCUT2D eigenvalue weighted by Gasteiger charge is -1.96. The topological polar surface area (TPSA) is 54.5 Å². The maximum Gasteiger partial charge on any atom is 0.399 e. The second kappa shape index (κ2) is 4.01. The number of benzene rings is 1. The van der Waals surface area contributed by atoms with Crippen molar-refractivity contribution < 1.29 is 9.53 Å². The molecule has 0 unspecified atom stereocenters. The Bertz CT molecular complexity index is 384. The zero-order valence-corrected chi connectivity index (χ0v) is 8.41. The first kappa shape index (κ1) is 9.68. The number of halogens is 1. The molecule has 0 spiro atoms. The lowest BCUT2D eigenvalue weighted by atomic mass is 10.2. The van der Waals surface area contributed by atoms with Gasteiger partial charge in [0.1, 0.15) is 4.47 Å². The fourth-order valence-electron chi connectivity index (χ4n) is 0.833. The third-order valence-electron chi connectivity index (χ3n) is 1.48. The van der Waals surface area contributed by atoms with E-state index in [9.17, 15) is 4.79 Å². The molecule has 0 aliphatic carbocycles. The van der Waals surface area contributed by atoms with E-state index in [-0.39, 0.29) is 0 Å². The van der Waals surface area contributed by atoms with Gasteiger partial charge >= 0.3 is 11.7 Å². The van der Waals surface area contributed by atoms with Crippen LogP contribution in [0.3, 0.4) is 0 Å². The van der Waals surface area contributed by atoms with Crippen molar-refractivity contribution in [2.45, 2.75) is 0 Å². The minimum Gasteiger partial charge on any atom is -0.465 e.